The van der Waals surface area contributed by atoms with Crippen molar-refractivity contribution in [3.8, 4) is 0 Å². The van der Waals surface area contributed by atoms with Gasteiger partial charge in [-0.25, -0.2) is 0 Å². The van der Waals surface area contributed by atoms with Crippen molar-refractivity contribution in [2.75, 3.05) is 32.8 Å². The Morgan fingerprint density at radius 3 is 2.48 bits per heavy atom. The van der Waals surface area contributed by atoms with Crippen LogP contribution in [0.25, 0.3) is 0 Å². The average molecular weight is 310 g/mol. The molecule has 126 valence electrons. The summed E-state index contributed by atoms with van der Waals surface area (Å²) in [6.45, 7) is 4.36. The highest BCUT2D eigenvalue weighted by Crippen LogP contribution is 2.32. The Labute approximate surface area is 125 Å². The van der Waals surface area contributed by atoms with Crippen molar-refractivity contribution in [2.24, 2.45) is 11.8 Å². The van der Waals surface area contributed by atoms with Gasteiger partial charge in [0.1, 0.15) is 0 Å². The molecule has 0 spiro atoms. The second-order valence-corrected chi connectivity index (χ2v) is 6.09. The smallest absolute Gasteiger partial charge is 0.395 e. The normalized spacial score (nSPS) is 27.3. The molecule has 0 amide bonds. The van der Waals surface area contributed by atoms with E-state index in [1.54, 1.807) is 0 Å². The first-order chi connectivity index (χ1) is 9.89. The molecule has 0 heterocycles. The predicted molar refractivity (Wildman–Crippen MR) is 78.2 cm³/mol. The fourth-order valence-electron chi connectivity index (χ4n) is 3.43. The minimum atomic E-state index is -4.21. The van der Waals surface area contributed by atoms with Crippen LogP contribution in [0.15, 0.2) is 0 Å². The van der Waals surface area contributed by atoms with E-state index >= 15 is 0 Å². The van der Waals surface area contributed by atoms with Gasteiger partial charge >= 0.3 is 6.18 Å². The SMILES string of the molecule is CCNC1CCC(CC)CC1CN(CCO)CC(F)(F)F. The molecule has 1 rings (SSSR count). The molecule has 21 heavy (non-hydrogen) atoms. The van der Waals surface area contributed by atoms with Crippen molar-refractivity contribution in [1.82, 2.24) is 10.2 Å². The maximum Gasteiger partial charge on any atom is 0.401 e. The van der Waals surface area contributed by atoms with E-state index in [-0.39, 0.29) is 19.1 Å². The Hall–Kier alpha value is -0.330. The molecular formula is C15H29F3N2O. The number of aliphatic hydroxyl groups is 1. The van der Waals surface area contributed by atoms with Gasteiger partial charge < -0.3 is 10.4 Å². The van der Waals surface area contributed by atoms with Crippen LogP contribution in [0, 0.1) is 11.8 Å². The summed E-state index contributed by atoms with van der Waals surface area (Å²) in [6, 6.07) is 0.298. The van der Waals surface area contributed by atoms with Gasteiger partial charge in [-0.3, -0.25) is 4.90 Å². The molecular weight excluding hydrogens is 281 g/mol. The summed E-state index contributed by atoms with van der Waals surface area (Å²) in [5.74, 6) is 0.851. The van der Waals surface area contributed by atoms with Crippen molar-refractivity contribution in [2.45, 2.75) is 51.7 Å². The summed E-state index contributed by atoms with van der Waals surface area (Å²) >= 11 is 0. The lowest BCUT2D eigenvalue weighted by Crippen LogP contribution is -2.48. The lowest BCUT2D eigenvalue weighted by atomic mass is 9.76. The van der Waals surface area contributed by atoms with E-state index in [1.807, 2.05) is 6.92 Å². The highest BCUT2D eigenvalue weighted by molar-refractivity contribution is 4.86. The lowest BCUT2D eigenvalue weighted by Gasteiger charge is -2.39. The molecule has 2 N–H and O–H groups in total. The van der Waals surface area contributed by atoms with Gasteiger partial charge in [-0.05, 0) is 37.6 Å². The van der Waals surface area contributed by atoms with Crippen LogP contribution < -0.4 is 5.32 Å². The number of nitrogens with zero attached hydrogens (tertiary/aromatic N) is 1. The van der Waals surface area contributed by atoms with Gasteiger partial charge in [0.2, 0.25) is 0 Å². The third kappa shape index (κ3) is 6.98. The number of aliphatic hydroxyl groups excluding tert-OH is 1. The number of rotatable bonds is 8. The molecule has 0 bridgehead atoms. The summed E-state index contributed by atoms with van der Waals surface area (Å²) in [6.07, 6.45) is 0.0597. The van der Waals surface area contributed by atoms with Crippen LogP contribution in [0.3, 0.4) is 0 Å². The maximum absolute atomic E-state index is 12.6. The van der Waals surface area contributed by atoms with Crippen molar-refractivity contribution in [1.29, 1.82) is 0 Å². The van der Waals surface area contributed by atoms with Crippen LogP contribution >= 0.6 is 0 Å². The van der Waals surface area contributed by atoms with Gasteiger partial charge in [0.05, 0.1) is 13.2 Å². The molecule has 0 aliphatic heterocycles. The number of hydrogen-bond donors (Lipinski definition) is 2. The Morgan fingerprint density at radius 1 is 1.24 bits per heavy atom. The highest BCUT2D eigenvalue weighted by atomic mass is 19.4. The Bertz CT molecular complexity index is 287. The minimum Gasteiger partial charge on any atom is -0.395 e. The Balaban J connectivity index is 2.66. The van der Waals surface area contributed by atoms with E-state index < -0.39 is 12.7 Å². The molecule has 0 saturated heterocycles. The number of alkyl halides is 3. The number of nitrogens with one attached hydrogen (secondary N) is 1. The van der Waals surface area contributed by atoms with Gasteiger partial charge in [-0.1, -0.05) is 20.3 Å². The van der Waals surface area contributed by atoms with Crippen molar-refractivity contribution in [3.05, 3.63) is 0 Å². The van der Waals surface area contributed by atoms with Gasteiger partial charge in [0.15, 0.2) is 0 Å². The molecule has 3 unspecified atom stereocenters. The first kappa shape index (κ1) is 18.7. The zero-order valence-corrected chi connectivity index (χ0v) is 13.1. The second kappa shape index (κ2) is 8.96. The summed E-state index contributed by atoms with van der Waals surface area (Å²) < 4.78 is 37.9. The van der Waals surface area contributed by atoms with Gasteiger partial charge in [0.25, 0.3) is 0 Å². The fourth-order valence-corrected chi connectivity index (χ4v) is 3.43. The topological polar surface area (TPSA) is 35.5 Å². The summed E-state index contributed by atoms with van der Waals surface area (Å²) in [5, 5.41) is 12.4. The molecule has 1 aliphatic rings. The zero-order valence-electron chi connectivity index (χ0n) is 13.1. The second-order valence-electron chi connectivity index (χ2n) is 6.09. The standard InChI is InChI=1S/C15H29F3N2O/c1-3-12-5-6-14(19-4-2)13(9-12)10-20(7-8-21)11-15(16,17)18/h12-14,19,21H,3-11H2,1-2H3. The number of hydrogen-bond acceptors (Lipinski definition) is 3. The monoisotopic (exact) mass is 310 g/mol. The van der Waals surface area contributed by atoms with Gasteiger partial charge in [-0.2, -0.15) is 13.2 Å². The average Bonchev–Trinajstić information content (AvgIpc) is 2.39. The summed E-state index contributed by atoms with van der Waals surface area (Å²) in [7, 11) is 0. The van der Waals surface area contributed by atoms with Crippen molar-refractivity contribution >= 4 is 0 Å². The van der Waals surface area contributed by atoms with Crippen molar-refractivity contribution < 1.29 is 18.3 Å². The maximum atomic E-state index is 12.6. The van der Waals surface area contributed by atoms with Crippen molar-refractivity contribution in [3.63, 3.8) is 0 Å². The predicted octanol–water partition coefficient (Wildman–Crippen LogP) is 2.65. The van der Waals surface area contributed by atoms with Crippen LogP contribution in [0.2, 0.25) is 0 Å². The van der Waals surface area contributed by atoms with E-state index in [4.69, 9.17) is 5.11 Å². The zero-order chi connectivity index (χ0) is 15.9. The third-order valence-corrected chi connectivity index (χ3v) is 4.45. The Kier molecular flexibility index (Phi) is 7.98. The van der Waals surface area contributed by atoms with E-state index in [1.165, 1.54) is 4.90 Å². The van der Waals surface area contributed by atoms with Crippen LogP contribution in [0.4, 0.5) is 13.2 Å². The largest absolute Gasteiger partial charge is 0.401 e. The molecule has 1 saturated carbocycles. The molecule has 0 aromatic carbocycles. The van der Waals surface area contributed by atoms with E-state index in [2.05, 4.69) is 12.2 Å². The first-order valence-corrected chi connectivity index (χ1v) is 8.02. The Morgan fingerprint density at radius 2 is 1.95 bits per heavy atom. The summed E-state index contributed by atoms with van der Waals surface area (Å²) in [5.41, 5.74) is 0. The molecule has 0 aromatic rings. The minimum absolute atomic E-state index is 0.0889. The van der Waals surface area contributed by atoms with Gasteiger partial charge in [0, 0.05) is 19.1 Å². The molecule has 6 heteroatoms. The molecule has 0 aromatic heterocycles. The highest BCUT2D eigenvalue weighted by Gasteiger charge is 2.35. The molecule has 1 aliphatic carbocycles. The van der Waals surface area contributed by atoms with Crippen LogP contribution in [-0.4, -0.2) is 55.0 Å². The fraction of sp³-hybridized carbons (Fsp3) is 1.00. The van der Waals surface area contributed by atoms with Crippen LogP contribution in [-0.2, 0) is 0 Å². The molecule has 1 fully saturated rings. The first-order valence-electron chi connectivity index (χ1n) is 8.02. The quantitative estimate of drug-likeness (QED) is 0.723. The van der Waals surface area contributed by atoms with E-state index in [9.17, 15) is 13.2 Å². The third-order valence-electron chi connectivity index (χ3n) is 4.45. The van der Waals surface area contributed by atoms with Gasteiger partial charge in [-0.15, -0.1) is 0 Å². The van der Waals surface area contributed by atoms with E-state index in [0.29, 0.717) is 18.5 Å². The number of halogens is 3. The summed E-state index contributed by atoms with van der Waals surface area (Å²) in [4.78, 5) is 1.35. The molecule has 3 nitrogen and oxygen atoms in total. The molecule has 0 radical (unpaired) electrons. The molecule has 3 atom stereocenters. The van der Waals surface area contributed by atoms with Crippen LogP contribution in [0.1, 0.15) is 39.5 Å². The van der Waals surface area contributed by atoms with Crippen LogP contribution in [0.5, 0.6) is 0 Å². The van der Waals surface area contributed by atoms with E-state index in [0.717, 1.165) is 32.2 Å². The lowest BCUT2D eigenvalue weighted by molar-refractivity contribution is -0.148.